The van der Waals surface area contributed by atoms with Crippen molar-refractivity contribution in [3.8, 4) is 0 Å². The molecule has 0 fully saturated rings. The number of rotatable bonds is 3. The average Bonchev–Trinajstić information content (AvgIpc) is 2.67. The van der Waals surface area contributed by atoms with Gasteiger partial charge in [0.15, 0.2) is 0 Å². The Morgan fingerprint density at radius 2 is 1.93 bits per heavy atom. The van der Waals surface area contributed by atoms with Crippen LogP contribution in [0, 0.1) is 12.7 Å². The van der Waals surface area contributed by atoms with Gasteiger partial charge in [-0.25, -0.2) is 14.4 Å². The van der Waals surface area contributed by atoms with Crippen LogP contribution in [-0.4, -0.2) is 10.9 Å². The Morgan fingerprint density at radius 1 is 1.10 bits per heavy atom. The SMILES string of the molecule is Cc1cccc(NC(=O)c2cc3cc(Br)ccc3oc2=Nc2cccc(F)c2)n1. The highest BCUT2D eigenvalue weighted by Gasteiger charge is 2.14. The molecule has 0 spiro atoms. The third-order valence-corrected chi connectivity index (χ3v) is 4.62. The monoisotopic (exact) mass is 451 g/mol. The lowest BCUT2D eigenvalue weighted by Crippen LogP contribution is -2.22. The van der Waals surface area contributed by atoms with Crippen molar-refractivity contribution >= 4 is 44.3 Å². The Morgan fingerprint density at radius 3 is 2.72 bits per heavy atom. The molecule has 5 nitrogen and oxygen atoms in total. The van der Waals surface area contributed by atoms with E-state index in [0.29, 0.717) is 17.1 Å². The lowest BCUT2D eigenvalue weighted by atomic mass is 10.1. The van der Waals surface area contributed by atoms with E-state index in [1.54, 1.807) is 36.4 Å². The van der Waals surface area contributed by atoms with Gasteiger partial charge in [0.05, 0.1) is 5.69 Å². The minimum Gasteiger partial charge on any atom is -0.438 e. The maximum absolute atomic E-state index is 13.6. The Kier molecular flexibility index (Phi) is 5.22. The summed E-state index contributed by atoms with van der Waals surface area (Å²) in [5.74, 6) is -0.434. The van der Waals surface area contributed by atoms with Gasteiger partial charge in [-0.15, -0.1) is 0 Å². The Bertz CT molecular complexity index is 1300. The van der Waals surface area contributed by atoms with Crippen LogP contribution in [0.1, 0.15) is 16.1 Å². The predicted octanol–water partition coefficient (Wildman–Crippen LogP) is 5.52. The molecular formula is C22H15BrFN3O2. The molecule has 0 atom stereocenters. The Hall–Kier alpha value is -3.32. The van der Waals surface area contributed by atoms with E-state index in [9.17, 15) is 9.18 Å². The maximum Gasteiger partial charge on any atom is 0.262 e. The van der Waals surface area contributed by atoms with E-state index in [2.05, 4.69) is 31.2 Å². The van der Waals surface area contributed by atoms with E-state index in [4.69, 9.17) is 4.42 Å². The largest absolute Gasteiger partial charge is 0.438 e. The van der Waals surface area contributed by atoms with Gasteiger partial charge in [-0.3, -0.25) is 4.79 Å². The molecule has 0 unspecified atom stereocenters. The summed E-state index contributed by atoms with van der Waals surface area (Å²) in [5, 5.41) is 3.48. The smallest absolute Gasteiger partial charge is 0.262 e. The summed E-state index contributed by atoms with van der Waals surface area (Å²) in [4.78, 5) is 21.6. The molecule has 0 aliphatic carbocycles. The van der Waals surface area contributed by atoms with Crippen molar-refractivity contribution in [2.45, 2.75) is 6.92 Å². The average molecular weight is 452 g/mol. The number of amides is 1. The standard InChI is InChI=1S/C22H15BrFN3O2/c1-13-4-2-7-20(25-13)27-21(28)18-11-14-10-15(23)8-9-19(14)29-22(18)26-17-6-3-5-16(24)12-17/h2-12H,1H3,(H,25,27,28). The van der Waals surface area contributed by atoms with Crippen LogP contribution in [-0.2, 0) is 0 Å². The highest BCUT2D eigenvalue weighted by atomic mass is 79.9. The molecule has 0 aliphatic heterocycles. The molecule has 1 N–H and O–H groups in total. The fraction of sp³-hybridized carbons (Fsp3) is 0.0455. The van der Waals surface area contributed by atoms with Gasteiger partial charge in [-0.2, -0.15) is 0 Å². The first kappa shape index (κ1) is 19.0. The fourth-order valence-corrected chi connectivity index (χ4v) is 3.19. The van der Waals surface area contributed by atoms with Crippen molar-refractivity contribution in [2.75, 3.05) is 5.32 Å². The van der Waals surface area contributed by atoms with Gasteiger partial charge < -0.3 is 9.73 Å². The quantitative estimate of drug-likeness (QED) is 0.445. The third kappa shape index (κ3) is 4.41. The van der Waals surface area contributed by atoms with Gasteiger partial charge in [0.25, 0.3) is 5.91 Å². The second-order valence-corrected chi connectivity index (χ2v) is 7.27. The van der Waals surface area contributed by atoms with Gasteiger partial charge in [-0.1, -0.05) is 28.1 Å². The van der Waals surface area contributed by atoms with E-state index in [-0.39, 0.29) is 11.1 Å². The zero-order chi connectivity index (χ0) is 20.4. The summed E-state index contributed by atoms with van der Waals surface area (Å²) in [6.45, 7) is 1.84. The van der Waals surface area contributed by atoms with Crippen molar-refractivity contribution in [3.05, 3.63) is 93.8 Å². The van der Waals surface area contributed by atoms with Crippen LogP contribution in [0.3, 0.4) is 0 Å². The lowest BCUT2D eigenvalue weighted by molar-refractivity contribution is 0.102. The summed E-state index contributed by atoms with van der Waals surface area (Å²) >= 11 is 3.42. The highest BCUT2D eigenvalue weighted by Crippen LogP contribution is 2.21. The van der Waals surface area contributed by atoms with Crippen molar-refractivity contribution in [3.63, 3.8) is 0 Å². The summed E-state index contributed by atoms with van der Waals surface area (Å²) in [7, 11) is 0. The number of hydrogen-bond acceptors (Lipinski definition) is 4. The van der Waals surface area contributed by atoms with Gasteiger partial charge in [0.1, 0.15) is 22.8 Å². The molecule has 2 aromatic carbocycles. The third-order valence-electron chi connectivity index (χ3n) is 4.12. The summed E-state index contributed by atoms with van der Waals surface area (Å²) in [5.41, 5.74) is 1.96. The molecule has 2 heterocycles. The number of halogens is 2. The number of nitrogens with one attached hydrogen (secondary N) is 1. The number of pyridine rings is 1. The van der Waals surface area contributed by atoms with Gasteiger partial charge >= 0.3 is 0 Å². The number of carbonyl (C=O) groups excluding carboxylic acids is 1. The van der Waals surface area contributed by atoms with Crippen molar-refractivity contribution in [1.29, 1.82) is 0 Å². The number of benzene rings is 2. The topological polar surface area (TPSA) is 67.5 Å². The van der Waals surface area contributed by atoms with E-state index >= 15 is 0 Å². The molecule has 0 saturated heterocycles. The van der Waals surface area contributed by atoms with Crippen molar-refractivity contribution < 1.29 is 13.6 Å². The predicted molar refractivity (Wildman–Crippen MR) is 112 cm³/mol. The molecule has 0 radical (unpaired) electrons. The van der Waals surface area contributed by atoms with Crippen LogP contribution in [0.2, 0.25) is 0 Å². The maximum atomic E-state index is 13.6. The number of fused-ring (bicyclic) bond motifs is 1. The van der Waals surface area contributed by atoms with Crippen LogP contribution in [0.5, 0.6) is 0 Å². The second kappa shape index (κ2) is 7.97. The van der Waals surface area contributed by atoms with Gasteiger partial charge in [-0.05, 0) is 61.5 Å². The summed E-state index contributed by atoms with van der Waals surface area (Å²) in [6.07, 6.45) is 0. The number of nitrogens with zero attached hydrogens (tertiary/aromatic N) is 2. The molecule has 1 amide bonds. The number of aryl methyl sites for hydroxylation is 1. The molecule has 0 aliphatic rings. The second-order valence-electron chi connectivity index (χ2n) is 6.36. The molecule has 7 heteroatoms. The first-order valence-electron chi connectivity index (χ1n) is 8.77. The lowest BCUT2D eigenvalue weighted by Gasteiger charge is -2.07. The van der Waals surface area contributed by atoms with Gasteiger partial charge in [0, 0.05) is 15.6 Å². The Labute approximate surface area is 174 Å². The zero-order valence-corrected chi connectivity index (χ0v) is 16.9. The highest BCUT2D eigenvalue weighted by molar-refractivity contribution is 9.10. The molecule has 4 aromatic rings. The van der Waals surface area contributed by atoms with Crippen molar-refractivity contribution in [1.82, 2.24) is 4.98 Å². The molecule has 4 rings (SSSR count). The van der Waals surface area contributed by atoms with E-state index in [1.165, 1.54) is 12.1 Å². The van der Waals surface area contributed by atoms with Gasteiger partial charge in [0.2, 0.25) is 5.55 Å². The van der Waals surface area contributed by atoms with E-state index in [0.717, 1.165) is 15.6 Å². The number of carbonyl (C=O) groups is 1. The van der Waals surface area contributed by atoms with E-state index in [1.807, 2.05) is 25.1 Å². The molecule has 144 valence electrons. The van der Waals surface area contributed by atoms with Crippen LogP contribution in [0.15, 0.2) is 80.6 Å². The zero-order valence-electron chi connectivity index (χ0n) is 15.3. The van der Waals surface area contributed by atoms with Crippen LogP contribution >= 0.6 is 15.9 Å². The first-order chi connectivity index (χ1) is 14.0. The normalized spacial score (nSPS) is 11.6. The molecule has 0 bridgehead atoms. The van der Waals surface area contributed by atoms with Crippen LogP contribution in [0.25, 0.3) is 11.0 Å². The van der Waals surface area contributed by atoms with Crippen LogP contribution < -0.4 is 10.9 Å². The molecular weight excluding hydrogens is 437 g/mol. The van der Waals surface area contributed by atoms with Crippen LogP contribution in [0.4, 0.5) is 15.9 Å². The van der Waals surface area contributed by atoms with Crippen molar-refractivity contribution in [2.24, 2.45) is 4.99 Å². The summed E-state index contributed by atoms with van der Waals surface area (Å²) in [6, 6.07) is 18.2. The van der Waals surface area contributed by atoms with E-state index < -0.39 is 11.7 Å². The molecule has 0 saturated carbocycles. The minimum absolute atomic E-state index is 0.0792. The first-order valence-corrected chi connectivity index (χ1v) is 9.56. The number of hydrogen-bond donors (Lipinski definition) is 1. The fourth-order valence-electron chi connectivity index (χ4n) is 2.81. The minimum atomic E-state index is -0.427. The number of aromatic nitrogens is 1. The Balaban J connectivity index is 1.86. The summed E-state index contributed by atoms with van der Waals surface area (Å²) < 4.78 is 20.3. The molecule has 29 heavy (non-hydrogen) atoms. The molecule has 2 aromatic heterocycles. The number of anilines is 1.